The highest BCUT2D eigenvalue weighted by Gasteiger charge is 2.29. The minimum absolute atomic E-state index is 0.0515. The summed E-state index contributed by atoms with van der Waals surface area (Å²) in [5.74, 6) is 0.0845. The summed E-state index contributed by atoms with van der Waals surface area (Å²) in [6, 6.07) is 12.4. The van der Waals surface area contributed by atoms with Crippen molar-refractivity contribution < 1.29 is 14.4 Å². The molecule has 1 N–H and O–H groups in total. The molecule has 7 heteroatoms. The van der Waals surface area contributed by atoms with Gasteiger partial charge in [-0.15, -0.1) is 0 Å². The Bertz CT molecular complexity index is 1040. The van der Waals surface area contributed by atoms with Crippen LogP contribution in [-0.4, -0.2) is 58.8 Å². The smallest absolute Gasteiger partial charge is 0.324 e. The molecule has 3 heterocycles. The quantitative estimate of drug-likeness (QED) is 0.659. The minimum atomic E-state index is -0.363. The highest BCUT2D eigenvalue weighted by Crippen LogP contribution is 2.28. The van der Waals surface area contributed by atoms with Gasteiger partial charge in [0.1, 0.15) is 0 Å². The van der Waals surface area contributed by atoms with Gasteiger partial charge in [-0.05, 0) is 68.4 Å². The number of piperidine rings is 1. The van der Waals surface area contributed by atoms with Crippen LogP contribution in [0.4, 0.5) is 4.79 Å². The number of hydrogen-bond acceptors (Lipinski definition) is 4. The summed E-state index contributed by atoms with van der Waals surface area (Å²) in [6.07, 6.45) is 3.67. The summed E-state index contributed by atoms with van der Waals surface area (Å²) >= 11 is 0. The Labute approximate surface area is 195 Å². The van der Waals surface area contributed by atoms with E-state index in [2.05, 4.69) is 48.6 Å². The van der Waals surface area contributed by atoms with Crippen molar-refractivity contribution in [3.8, 4) is 0 Å². The zero-order chi connectivity index (χ0) is 23.4. The van der Waals surface area contributed by atoms with Crippen molar-refractivity contribution in [3.63, 3.8) is 0 Å². The molecular formula is C26H32N4O3. The zero-order valence-corrected chi connectivity index (χ0v) is 19.5. The average molecular weight is 449 g/mol. The number of carbonyl (C=O) groups excluding carboxylic acids is 3. The second-order valence-corrected chi connectivity index (χ2v) is 9.13. The maximum absolute atomic E-state index is 12.8. The standard InChI is InChI=1S/C26H32N4O3/c1-18-7-3-4-8-21(18)14-20-13-19(2)28-23(15-20)22-9-5-11-29(17-22)24(31)10-6-12-30-25(32)16-27-26(30)33/h3-4,7-8,13,15,22H,5-6,9-12,14,16-17H2,1-2H3,(H,27,33)/t22-/m1/s1. The third kappa shape index (κ3) is 5.59. The fraction of sp³-hybridized carbons (Fsp3) is 0.462. The van der Waals surface area contributed by atoms with Crippen molar-refractivity contribution in [3.05, 3.63) is 64.5 Å². The van der Waals surface area contributed by atoms with Gasteiger partial charge in [-0.25, -0.2) is 4.79 Å². The van der Waals surface area contributed by atoms with Crippen LogP contribution in [-0.2, 0) is 16.0 Å². The second-order valence-electron chi connectivity index (χ2n) is 9.13. The highest BCUT2D eigenvalue weighted by molar-refractivity contribution is 6.01. The van der Waals surface area contributed by atoms with Crippen LogP contribution in [0.2, 0.25) is 0 Å². The first-order valence-corrected chi connectivity index (χ1v) is 11.8. The lowest BCUT2D eigenvalue weighted by molar-refractivity contribution is -0.133. The Hall–Kier alpha value is -3.22. The van der Waals surface area contributed by atoms with Crippen LogP contribution in [0.1, 0.15) is 59.7 Å². The summed E-state index contributed by atoms with van der Waals surface area (Å²) in [4.78, 5) is 44.1. The van der Waals surface area contributed by atoms with Gasteiger partial charge >= 0.3 is 6.03 Å². The van der Waals surface area contributed by atoms with Crippen LogP contribution in [0.5, 0.6) is 0 Å². The van der Waals surface area contributed by atoms with Crippen LogP contribution in [0.3, 0.4) is 0 Å². The first-order valence-electron chi connectivity index (χ1n) is 11.8. The number of hydrogen-bond donors (Lipinski definition) is 1. The van der Waals surface area contributed by atoms with Gasteiger partial charge in [-0.1, -0.05) is 24.3 Å². The predicted molar refractivity (Wildman–Crippen MR) is 126 cm³/mol. The van der Waals surface area contributed by atoms with Gasteiger partial charge in [-0.2, -0.15) is 0 Å². The van der Waals surface area contributed by atoms with Gasteiger partial charge in [0.15, 0.2) is 0 Å². The molecule has 2 saturated heterocycles. The molecule has 1 atom stereocenters. The lowest BCUT2D eigenvalue weighted by atomic mass is 9.91. The van der Waals surface area contributed by atoms with Gasteiger partial charge < -0.3 is 10.2 Å². The van der Waals surface area contributed by atoms with Gasteiger partial charge in [0.05, 0.1) is 6.54 Å². The van der Waals surface area contributed by atoms with Crippen molar-refractivity contribution in [2.24, 2.45) is 0 Å². The summed E-state index contributed by atoms with van der Waals surface area (Å²) in [5, 5.41) is 2.51. The Kier molecular flexibility index (Phi) is 7.06. The first kappa shape index (κ1) is 23.0. The highest BCUT2D eigenvalue weighted by atomic mass is 16.2. The number of urea groups is 1. The van der Waals surface area contributed by atoms with Crippen molar-refractivity contribution in [2.45, 2.75) is 51.9 Å². The number of aromatic nitrogens is 1. The normalized spacial score (nSPS) is 18.5. The molecule has 2 aliphatic heterocycles. The molecule has 33 heavy (non-hydrogen) atoms. The van der Waals surface area contributed by atoms with Crippen LogP contribution < -0.4 is 5.32 Å². The van der Waals surface area contributed by atoms with E-state index in [1.807, 2.05) is 11.8 Å². The van der Waals surface area contributed by atoms with Gasteiger partial charge in [-0.3, -0.25) is 19.5 Å². The molecule has 2 fully saturated rings. The van der Waals surface area contributed by atoms with Crippen molar-refractivity contribution >= 4 is 17.8 Å². The largest absolute Gasteiger partial charge is 0.342 e. The monoisotopic (exact) mass is 448 g/mol. The summed E-state index contributed by atoms with van der Waals surface area (Å²) < 4.78 is 0. The van der Waals surface area contributed by atoms with Crippen LogP contribution in [0, 0.1) is 13.8 Å². The van der Waals surface area contributed by atoms with Crippen LogP contribution in [0.25, 0.3) is 0 Å². The molecule has 0 bridgehead atoms. The molecule has 7 nitrogen and oxygen atoms in total. The maximum Gasteiger partial charge on any atom is 0.324 e. The van der Waals surface area contributed by atoms with E-state index in [-0.39, 0.29) is 36.9 Å². The van der Waals surface area contributed by atoms with E-state index < -0.39 is 0 Å². The van der Waals surface area contributed by atoms with Crippen LogP contribution in [0.15, 0.2) is 36.4 Å². The zero-order valence-electron chi connectivity index (χ0n) is 19.5. The Morgan fingerprint density at radius 1 is 1.18 bits per heavy atom. The average Bonchev–Trinajstić information content (AvgIpc) is 3.12. The molecule has 0 unspecified atom stereocenters. The number of aryl methyl sites for hydroxylation is 2. The fourth-order valence-corrected chi connectivity index (χ4v) is 4.78. The Balaban J connectivity index is 1.37. The van der Waals surface area contributed by atoms with E-state index in [9.17, 15) is 14.4 Å². The molecule has 0 saturated carbocycles. The van der Waals surface area contributed by atoms with Gasteiger partial charge in [0.25, 0.3) is 0 Å². The molecule has 174 valence electrons. The number of likely N-dealkylation sites (tertiary alicyclic amines) is 1. The number of rotatable bonds is 7. The van der Waals surface area contributed by atoms with Crippen LogP contribution >= 0.6 is 0 Å². The maximum atomic E-state index is 12.8. The molecule has 2 aliphatic rings. The molecule has 0 spiro atoms. The van der Waals surface area contributed by atoms with Gasteiger partial charge in [0, 0.05) is 43.4 Å². The van der Waals surface area contributed by atoms with E-state index in [0.29, 0.717) is 19.4 Å². The molecule has 0 radical (unpaired) electrons. The number of imide groups is 1. The number of carbonyl (C=O) groups is 3. The topological polar surface area (TPSA) is 82.6 Å². The van der Waals surface area contributed by atoms with E-state index >= 15 is 0 Å². The number of amides is 4. The molecule has 4 amide bonds. The summed E-state index contributed by atoms with van der Waals surface area (Å²) in [6.45, 7) is 5.93. The molecule has 1 aromatic carbocycles. The molecule has 4 rings (SSSR count). The van der Waals surface area contributed by atoms with Crippen molar-refractivity contribution in [1.29, 1.82) is 0 Å². The number of pyridine rings is 1. The molecule has 0 aliphatic carbocycles. The predicted octanol–water partition coefficient (Wildman–Crippen LogP) is 3.33. The third-order valence-corrected chi connectivity index (χ3v) is 6.59. The van der Waals surface area contributed by atoms with Crippen molar-refractivity contribution in [2.75, 3.05) is 26.2 Å². The number of nitrogens with one attached hydrogen (secondary N) is 1. The molecule has 1 aromatic heterocycles. The SMILES string of the molecule is Cc1cc(Cc2ccccc2C)cc([C@@H]2CCCN(C(=O)CCCN3C(=O)CNC3=O)C2)n1. The van der Waals surface area contributed by atoms with E-state index in [0.717, 1.165) is 37.2 Å². The number of benzene rings is 1. The summed E-state index contributed by atoms with van der Waals surface area (Å²) in [5.41, 5.74) is 5.93. The lowest BCUT2D eigenvalue weighted by Gasteiger charge is -2.33. The summed E-state index contributed by atoms with van der Waals surface area (Å²) in [7, 11) is 0. The van der Waals surface area contributed by atoms with Crippen molar-refractivity contribution in [1.82, 2.24) is 20.1 Å². The minimum Gasteiger partial charge on any atom is -0.342 e. The first-order chi connectivity index (χ1) is 15.9. The third-order valence-electron chi connectivity index (χ3n) is 6.59. The van der Waals surface area contributed by atoms with E-state index in [1.54, 1.807) is 0 Å². The van der Waals surface area contributed by atoms with Gasteiger partial charge in [0.2, 0.25) is 11.8 Å². The van der Waals surface area contributed by atoms with E-state index in [4.69, 9.17) is 4.98 Å². The molecule has 2 aromatic rings. The van der Waals surface area contributed by atoms with E-state index in [1.165, 1.54) is 21.6 Å². The second kappa shape index (κ2) is 10.1. The lowest BCUT2D eigenvalue weighted by Crippen LogP contribution is -2.40. The molecular weight excluding hydrogens is 416 g/mol. The Morgan fingerprint density at radius 2 is 2.00 bits per heavy atom. The number of nitrogens with zero attached hydrogens (tertiary/aromatic N) is 3. The Morgan fingerprint density at radius 3 is 2.76 bits per heavy atom. The fourth-order valence-electron chi connectivity index (χ4n) is 4.78.